The molecule has 1 aromatic heterocycles. The van der Waals surface area contributed by atoms with Crippen molar-refractivity contribution in [3.63, 3.8) is 0 Å². The summed E-state index contributed by atoms with van der Waals surface area (Å²) in [7, 11) is 0. The van der Waals surface area contributed by atoms with Gasteiger partial charge in [-0.05, 0) is 18.9 Å². The predicted molar refractivity (Wildman–Crippen MR) is 77.6 cm³/mol. The van der Waals surface area contributed by atoms with Gasteiger partial charge < -0.3 is 9.73 Å². The molecule has 1 N–H and O–H groups in total. The average molecular weight is 251 g/mol. The topological polar surface area (TPSA) is 25.2 Å². The molecule has 0 atom stereocenters. The summed E-state index contributed by atoms with van der Waals surface area (Å²) in [5.41, 5.74) is 1.26. The highest BCUT2D eigenvalue weighted by atomic mass is 16.3. The average Bonchev–Trinajstić information content (AvgIpc) is 2.89. The molecule has 0 aliphatic rings. The number of rotatable bonds is 11. The van der Waals surface area contributed by atoms with Crippen LogP contribution in [0.5, 0.6) is 0 Å². The molecule has 1 aromatic rings. The van der Waals surface area contributed by atoms with E-state index in [2.05, 4.69) is 19.2 Å². The van der Waals surface area contributed by atoms with Gasteiger partial charge in [0.2, 0.25) is 0 Å². The molecular weight excluding hydrogens is 222 g/mol. The molecule has 0 fully saturated rings. The molecule has 104 valence electrons. The van der Waals surface area contributed by atoms with Crippen LogP contribution in [-0.4, -0.2) is 6.04 Å². The van der Waals surface area contributed by atoms with Crippen LogP contribution in [0, 0.1) is 0 Å². The van der Waals surface area contributed by atoms with Gasteiger partial charge in [-0.15, -0.1) is 0 Å². The first kappa shape index (κ1) is 15.3. The van der Waals surface area contributed by atoms with E-state index in [0.717, 1.165) is 6.54 Å². The van der Waals surface area contributed by atoms with Gasteiger partial charge in [0.05, 0.1) is 12.5 Å². The maximum atomic E-state index is 5.10. The van der Waals surface area contributed by atoms with Crippen molar-refractivity contribution in [3.8, 4) is 0 Å². The number of hydrogen-bond donors (Lipinski definition) is 1. The van der Waals surface area contributed by atoms with Crippen LogP contribution >= 0.6 is 0 Å². The van der Waals surface area contributed by atoms with Gasteiger partial charge in [-0.25, -0.2) is 0 Å². The molecule has 0 saturated heterocycles. The van der Waals surface area contributed by atoms with Gasteiger partial charge in [0.1, 0.15) is 0 Å². The number of nitrogens with one attached hydrogen (secondary N) is 1. The molecule has 0 unspecified atom stereocenters. The Morgan fingerprint density at radius 2 is 1.72 bits per heavy atom. The molecule has 0 spiro atoms. The molecule has 0 radical (unpaired) electrons. The van der Waals surface area contributed by atoms with Gasteiger partial charge in [0.15, 0.2) is 0 Å². The van der Waals surface area contributed by atoms with E-state index < -0.39 is 0 Å². The second-order valence-corrected chi connectivity index (χ2v) is 5.20. The third kappa shape index (κ3) is 6.85. The second kappa shape index (κ2) is 10.2. The normalized spacial score (nSPS) is 11.3. The molecule has 0 aliphatic heterocycles. The lowest BCUT2D eigenvalue weighted by molar-refractivity contribution is 0.416. The van der Waals surface area contributed by atoms with Crippen molar-refractivity contribution in [1.82, 2.24) is 5.32 Å². The molecule has 18 heavy (non-hydrogen) atoms. The first-order valence-corrected chi connectivity index (χ1v) is 7.61. The van der Waals surface area contributed by atoms with Crippen LogP contribution in [0.4, 0.5) is 0 Å². The van der Waals surface area contributed by atoms with Crippen molar-refractivity contribution < 1.29 is 4.42 Å². The summed E-state index contributed by atoms with van der Waals surface area (Å²) in [5, 5.41) is 3.68. The standard InChI is InChI=1S/C16H29NO/c1-3-5-7-9-16(10-8-6-4-2)17-13-15-11-12-18-14-15/h11-12,14,16-17H,3-10,13H2,1-2H3. The van der Waals surface area contributed by atoms with Crippen molar-refractivity contribution >= 4 is 0 Å². The Labute approximate surface area is 112 Å². The third-order valence-corrected chi connectivity index (χ3v) is 3.49. The summed E-state index contributed by atoms with van der Waals surface area (Å²) < 4.78 is 5.10. The van der Waals surface area contributed by atoms with Gasteiger partial charge in [0.25, 0.3) is 0 Å². The van der Waals surface area contributed by atoms with E-state index in [-0.39, 0.29) is 0 Å². The lowest BCUT2D eigenvalue weighted by Gasteiger charge is -2.18. The fourth-order valence-corrected chi connectivity index (χ4v) is 2.29. The smallest absolute Gasteiger partial charge is 0.0947 e. The zero-order chi connectivity index (χ0) is 13.1. The summed E-state index contributed by atoms with van der Waals surface area (Å²) in [6.45, 7) is 5.48. The monoisotopic (exact) mass is 251 g/mol. The molecule has 0 saturated carbocycles. The van der Waals surface area contributed by atoms with E-state index in [0.29, 0.717) is 6.04 Å². The van der Waals surface area contributed by atoms with Crippen LogP contribution in [-0.2, 0) is 6.54 Å². The fourth-order valence-electron chi connectivity index (χ4n) is 2.29. The van der Waals surface area contributed by atoms with Crippen LogP contribution in [0.25, 0.3) is 0 Å². The van der Waals surface area contributed by atoms with Crippen LogP contribution < -0.4 is 5.32 Å². The van der Waals surface area contributed by atoms with E-state index in [1.165, 1.54) is 56.9 Å². The maximum Gasteiger partial charge on any atom is 0.0947 e. The van der Waals surface area contributed by atoms with Gasteiger partial charge in [-0.1, -0.05) is 52.4 Å². The van der Waals surface area contributed by atoms with E-state index in [1.54, 1.807) is 6.26 Å². The molecule has 0 bridgehead atoms. The second-order valence-electron chi connectivity index (χ2n) is 5.20. The summed E-state index contributed by atoms with van der Waals surface area (Å²) in [5.74, 6) is 0. The minimum atomic E-state index is 0.679. The van der Waals surface area contributed by atoms with Crippen molar-refractivity contribution in [2.24, 2.45) is 0 Å². The SMILES string of the molecule is CCCCCC(CCCCC)NCc1ccoc1. The highest BCUT2D eigenvalue weighted by molar-refractivity contribution is 5.04. The zero-order valence-electron chi connectivity index (χ0n) is 12.1. The Balaban J connectivity index is 2.23. The Morgan fingerprint density at radius 1 is 1.06 bits per heavy atom. The fraction of sp³-hybridized carbons (Fsp3) is 0.750. The van der Waals surface area contributed by atoms with Crippen molar-refractivity contribution in [1.29, 1.82) is 0 Å². The van der Waals surface area contributed by atoms with Crippen LogP contribution in [0.2, 0.25) is 0 Å². The van der Waals surface area contributed by atoms with E-state index in [4.69, 9.17) is 4.42 Å². The molecule has 0 aliphatic carbocycles. The molecule has 0 amide bonds. The van der Waals surface area contributed by atoms with Gasteiger partial charge in [-0.2, -0.15) is 0 Å². The van der Waals surface area contributed by atoms with Crippen molar-refractivity contribution in [2.75, 3.05) is 0 Å². The molecule has 2 heteroatoms. The predicted octanol–water partition coefficient (Wildman–Crippen LogP) is 4.90. The minimum Gasteiger partial charge on any atom is -0.472 e. The van der Waals surface area contributed by atoms with Crippen LogP contribution in [0.15, 0.2) is 23.0 Å². The number of hydrogen-bond acceptors (Lipinski definition) is 2. The Kier molecular flexibility index (Phi) is 8.66. The molecule has 1 rings (SSSR count). The van der Waals surface area contributed by atoms with E-state index in [1.807, 2.05) is 12.3 Å². The van der Waals surface area contributed by atoms with Crippen molar-refractivity contribution in [3.05, 3.63) is 24.2 Å². The lowest BCUT2D eigenvalue weighted by atomic mass is 10.0. The molecular formula is C16H29NO. The highest BCUT2D eigenvalue weighted by Gasteiger charge is 2.07. The molecule has 2 nitrogen and oxygen atoms in total. The summed E-state index contributed by atoms with van der Waals surface area (Å²) in [4.78, 5) is 0. The Bertz CT molecular complexity index is 259. The van der Waals surface area contributed by atoms with Gasteiger partial charge in [-0.3, -0.25) is 0 Å². The Morgan fingerprint density at radius 3 is 2.22 bits per heavy atom. The third-order valence-electron chi connectivity index (χ3n) is 3.49. The lowest BCUT2D eigenvalue weighted by Crippen LogP contribution is -2.28. The van der Waals surface area contributed by atoms with Crippen LogP contribution in [0.1, 0.15) is 70.8 Å². The van der Waals surface area contributed by atoms with Gasteiger partial charge in [0, 0.05) is 18.2 Å². The minimum absolute atomic E-state index is 0.679. The number of unbranched alkanes of at least 4 members (excludes halogenated alkanes) is 4. The largest absolute Gasteiger partial charge is 0.472 e. The molecule has 1 heterocycles. The first-order valence-electron chi connectivity index (χ1n) is 7.61. The zero-order valence-corrected chi connectivity index (χ0v) is 12.1. The first-order chi connectivity index (χ1) is 8.86. The van der Waals surface area contributed by atoms with E-state index in [9.17, 15) is 0 Å². The highest BCUT2D eigenvalue weighted by Crippen LogP contribution is 2.12. The quantitative estimate of drug-likeness (QED) is 0.566. The summed E-state index contributed by atoms with van der Waals surface area (Å²) in [6.07, 6.45) is 14.3. The summed E-state index contributed by atoms with van der Waals surface area (Å²) >= 11 is 0. The van der Waals surface area contributed by atoms with Gasteiger partial charge >= 0.3 is 0 Å². The number of furan rings is 1. The van der Waals surface area contributed by atoms with Crippen molar-refractivity contribution in [2.45, 2.75) is 77.8 Å². The summed E-state index contributed by atoms with van der Waals surface area (Å²) in [6, 6.07) is 2.72. The van der Waals surface area contributed by atoms with Crippen LogP contribution in [0.3, 0.4) is 0 Å². The van der Waals surface area contributed by atoms with E-state index >= 15 is 0 Å². The molecule has 0 aromatic carbocycles. The maximum absolute atomic E-state index is 5.10. The Hall–Kier alpha value is -0.760.